The Kier molecular flexibility index (Phi) is 3.59. The average molecular weight is 256 g/mol. The maximum absolute atomic E-state index is 12.2. The maximum Gasteiger partial charge on any atom is 0.326 e. The zero-order chi connectivity index (χ0) is 13.3. The molecule has 6 nitrogen and oxygen atoms in total. The van der Waals surface area contributed by atoms with Crippen molar-refractivity contribution in [3.05, 3.63) is 0 Å². The van der Waals surface area contributed by atoms with Crippen molar-refractivity contribution in [1.82, 2.24) is 4.90 Å². The molecule has 2 fully saturated rings. The van der Waals surface area contributed by atoms with E-state index in [0.29, 0.717) is 13.0 Å². The first-order valence-corrected chi connectivity index (χ1v) is 6.29. The Morgan fingerprint density at radius 2 is 2.17 bits per heavy atom. The van der Waals surface area contributed by atoms with Crippen LogP contribution in [0.4, 0.5) is 0 Å². The molecule has 2 atom stereocenters. The molecular formula is C12H20N2O4. The molecule has 1 heterocycles. The van der Waals surface area contributed by atoms with Crippen LogP contribution in [-0.4, -0.2) is 53.2 Å². The highest BCUT2D eigenvalue weighted by Crippen LogP contribution is 2.33. The monoisotopic (exact) mass is 256 g/mol. The van der Waals surface area contributed by atoms with Crippen molar-refractivity contribution in [2.75, 3.05) is 13.7 Å². The Morgan fingerprint density at radius 3 is 2.61 bits per heavy atom. The molecule has 0 bridgehead atoms. The lowest BCUT2D eigenvalue weighted by Gasteiger charge is -2.38. The molecule has 1 saturated heterocycles. The average Bonchev–Trinajstić information content (AvgIpc) is 2.71. The van der Waals surface area contributed by atoms with E-state index in [4.69, 9.17) is 15.6 Å². The highest BCUT2D eigenvalue weighted by atomic mass is 16.5. The maximum atomic E-state index is 12.2. The predicted octanol–water partition coefficient (Wildman–Crippen LogP) is -0.0416. The molecule has 6 heteroatoms. The Balaban J connectivity index is 2.01. The van der Waals surface area contributed by atoms with E-state index in [-0.39, 0.29) is 18.4 Å². The molecule has 1 aliphatic heterocycles. The van der Waals surface area contributed by atoms with Gasteiger partial charge in [0.25, 0.3) is 0 Å². The number of likely N-dealkylation sites (tertiary alicyclic amines) is 1. The number of carbonyl (C=O) groups excluding carboxylic acids is 1. The molecule has 102 valence electrons. The summed E-state index contributed by atoms with van der Waals surface area (Å²) in [5, 5.41) is 9.13. The third kappa shape index (κ3) is 2.49. The lowest BCUT2D eigenvalue weighted by Crippen LogP contribution is -2.52. The van der Waals surface area contributed by atoms with Gasteiger partial charge in [0.15, 0.2) is 0 Å². The van der Waals surface area contributed by atoms with Crippen molar-refractivity contribution in [3.8, 4) is 0 Å². The van der Waals surface area contributed by atoms with Crippen LogP contribution in [0.2, 0.25) is 0 Å². The summed E-state index contributed by atoms with van der Waals surface area (Å²) in [6.07, 6.45) is 3.15. The van der Waals surface area contributed by atoms with Crippen LogP contribution in [0.3, 0.4) is 0 Å². The van der Waals surface area contributed by atoms with E-state index in [0.717, 1.165) is 19.3 Å². The third-order valence-electron chi connectivity index (χ3n) is 4.05. The number of nitrogens with zero attached hydrogens (tertiary/aromatic N) is 1. The molecule has 2 aliphatic rings. The Hall–Kier alpha value is -1.14. The number of ether oxygens (including phenoxy) is 1. The Bertz CT molecular complexity index is 354. The number of nitrogens with two attached hydrogens (primary N) is 1. The summed E-state index contributed by atoms with van der Waals surface area (Å²) in [6.45, 7) is 0.350. The van der Waals surface area contributed by atoms with Gasteiger partial charge in [-0.05, 0) is 19.3 Å². The van der Waals surface area contributed by atoms with Crippen molar-refractivity contribution in [1.29, 1.82) is 0 Å². The second-order valence-corrected chi connectivity index (χ2v) is 5.39. The number of hydrogen-bond acceptors (Lipinski definition) is 4. The number of methoxy groups -OCH3 is 1. The van der Waals surface area contributed by atoms with Crippen molar-refractivity contribution < 1.29 is 19.4 Å². The number of rotatable bonds is 4. The Morgan fingerprint density at radius 1 is 1.50 bits per heavy atom. The lowest BCUT2D eigenvalue weighted by molar-refractivity contribution is -0.149. The van der Waals surface area contributed by atoms with Gasteiger partial charge < -0.3 is 20.5 Å². The number of amides is 1. The molecular weight excluding hydrogens is 236 g/mol. The minimum atomic E-state index is -0.970. The summed E-state index contributed by atoms with van der Waals surface area (Å²) in [6, 6.07) is -0.772. The van der Waals surface area contributed by atoms with Crippen LogP contribution in [0.25, 0.3) is 0 Å². The summed E-state index contributed by atoms with van der Waals surface area (Å²) in [7, 11) is 1.54. The smallest absolute Gasteiger partial charge is 0.326 e. The van der Waals surface area contributed by atoms with Gasteiger partial charge >= 0.3 is 5.97 Å². The lowest BCUT2D eigenvalue weighted by atomic mass is 9.75. The fourth-order valence-electron chi connectivity index (χ4n) is 2.69. The number of aliphatic carboxylic acids is 1. The van der Waals surface area contributed by atoms with Crippen LogP contribution >= 0.6 is 0 Å². The molecule has 0 radical (unpaired) electrons. The number of carbonyl (C=O) groups is 2. The highest BCUT2D eigenvalue weighted by molar-refractivity contribution is 5.85. The molecule has 3 N–H and O–H groups in total. The van der Waals surface area contributed by atoms with Crippen LogP contribution in [0.5, 0.6) is 0 Å². The van der Waals surface area contributed by atoms with E-state index in [1.807, 2.05) is 0 Å². The van der Waals surface area contributed by atoms with Crippen LogP contribution in [0, 0.1) is 0 Å². The standard InChI is InChI=1S/C12H20N2O4/c1-18-8-5-9(11(16)17)14(7-8)10(15)6-12(13)3-2-4-12/h8-9H,2-7,13H2,1H3,(H,16,17). The van der Waals surface area contributed by atoms with Crippen molar-refractivity contribution in [3.63, 3.8) is 0 Å². The number of hydrogen-bond donors (Lipinski definition) is 2. The molecule has 1 saturated carbocycles. The normalized spacial score (nSPS) is 30.0. The van der Waals surface area contributed by atoms with Gasteiger partial charge in [-0.25, -0.2) is 4.79 Å². The first-order chi connectivity index (χ1) is 8.45. The number of carboxylic acid groups (broad SMARTS) is 1. The minimum absolute atomic E-state index is 0.163. The van der Waals surface area contributed by atoms with E-state index < -0.39 is 17.6 Å². The highest BCUT2D eigenvalue weighted by Gasteiger charge is 2.43. The molecule has 2 unspecified atom stereocenters. The molecule has 0 aromatic rings. The zero-order valence-corrected chi connectivity index (χ0v) is 10.6. The van der Waals surface area contributed by atoms with Crippen molar-refractivity contribution in [2.45, 2.75) is 49.8 Å². The van der Waals surface area contributed by atoms with Gasteiger partial charge in [-0.1, -0.05) is 0 Å². The third-order valence-corrected chi connectivity index (χ3v) is 4.05. The summed E-state index contributed by atoms with van der Waals surface area (Å²) in [5.41, 5.74) is 5.62. The van der Waals surface area contributed by atoms with Crippen LogP contribution < -0.4 is 5.73 Å². The molecule has 0 aromatic heterocycles. The molecule has 2 rings (SSSR count). The fourth-order valence-corrected chi connectivity index (χ4v) is 2.69. The van der Waals surface area contributed by atoms with E-state index >= 15 is 0 Å². The molecule has 0 aromatic carbocycles. The quantitative estimate of drug-likeness (QED) is 0.736. The Labute approximate surface area is 106 Å². The summed E-state index contributed by atoms with van der Waals surface area (Å²) >= 11 is 0. The van der Waals surface area contributed by atoms with Crippen molar-refractivity contribution >= 4 is 11.9 Å². The van der Waals surface area contributed by atoms with Gasteiger partial charge in [-0.3, -0.25) is 4.79 Å². The topological polar surface area (TPSA) is 92.9 Å². The molecule has 1 amide bonds. The summed E-state index contributed by atoms with van der Waals surface area (Å²) in [4.78, 5) is 24.7. The van der Waals surface area contributed by atoms with E-state index in [1.165, 1.54) is 12.0 Å². The van der Waals surface area contributed by atoms with Gasteiger partial charge in [-0.2, -0.15) is 0 Å². The van der Waals surface area contributed by atoms with E-state index in [1.54, 1.807) is 0 Å². The second-order valence-electron chi connectivity index (χ2n) is 5.39. The van der Waals surface area contributed by atoms with Crippen LogP contribution in [-0.2, 0) is 14.3 Å². The zero-order valence-electron chi connectivity index (χ0n) is 10.6. The molecule has 18 heavy (non-hydrogen) atoms. The van der Waals surface area contributed by atoms with Crippen LogP contribution in [0.1, 0.15) is 32.1 Å². The minimum Gasteiger partial charge on any atom is -0.480 e. The van der Waals surface area contributed by atoms with E-state index in [2.05, 4.69) is 0 Å². The predicted molar refractivity (Wildman–Crippen MR) is 63.9 cm³/mol. The second kappa shape index (κ2) is 4.85. The summed E-state index contributed by atoms with van der Waals surface area (Å²) < 4.78 is 5.15. The fraction of sp³-hybridized carbons (Fsp3) is 0.833. The molecule has 1 aliphatic carbocycles. The van der Waals surface area contributed by atoms with Gasteiger partial charge in [0.05, 0.1) is 6.10 Å². The first kappa shape index (κ1) is 13.3. The van der Waals surface area contributed by atoms with Gasteiger partial charge in [-0.15, -0.1) is 0 Å². The van der Waals surface area contributed by atoms with Gasteiger partial charge in [0.1, 0.15) is 6.04 Å². The first-order valence-electron chi connectivity index (χ1n) is 6.29. The molecule has 0 spiro atoms. The van der Waals surface area contributed by atoms with Crippen LogP contribution in [0.15, 0.2) is 0 Å². The van der Waals surface area contributed by atoms with Gasteiger partial charge in [0, 0.05) is 32.0 Å². The largest absolute Gasteiger partial charge is 0.480 e. The van der Waals surface area contributed by atoms with Crippen molar-refractivity contribution in [2.24, 2.45) is 5.73 Å². The van der Waals surface area contributed by atoms with E-state index in [9.17, 15) is 9.59 Å². The SMILES string of the molecule is COC1CC(C(=O)O)N(C(=O)CC2(N)CCC2)C1. The van der Waals surface area contributed by atoms with Gasteiger partial charge in [0.2, 0.25) is 5.91 Å². The summed E-state index contributed by atoms with van der Waals surface area (Å²) in [5.74, 6) is -1.13. The number of carboxylic acids is 1.